The highest BCUT2D eigenvalue weighted by molar-refractivity contribution is 5.92. The van der Waals surface area contributed by atoms with E-state index in [4.69, 9.17) is 9.52 Å². The third-order valence-corrected chi connectivity index (χ3v) is 4.52. The highest BCUT2D eigenvalue weighted by Gasteiger charge is 2.29. The molecule has 0 saturated carbocycles. The Morgan fingerprint density at radius 3 is 2.62 bits per heavy atom. The molecule has 5 nitrogen and oxygen atoms in total. The van der Waals surface area contributed by atoms with Gasteiger partial charge in [0, 0.05) is 18.7 Å². The molecule has 2 aromatic rings. The molecule has 1 unspecified atom stereocenters. The van der Waals surface area contributed by atoms with Gasteiger partial charge in [0.1, 0.15) is 5.76 Å². The van der Waals surface area contributed by atoms with Crippen LogP contribution in [0.25, 0.3) is 11.3 Å². The molecule has 1 atom stereocenters. The summed E-state index contributed by atoms with van der Waals surface area (Å²) in [6.45, 7) is 2.92. The molecule has 0 bridgehead atoms. The number of aryl methyl sites for hydroxylation is 1. The fraction of sp³-hybridized carbons (Fsp3) is 0.368. The van der Waals surface area contributed by atoms with E-state index in [0.29, 0.717) is 25.1 Å². The predicted molar refractivity (Wildman–Crippen MR) is 89.8 cm³/mol. The zero-order valence-corrected chi connectivity index (χ0v) is 13.7. The molecule has 0 radical (unpaired) electrons. The lowest BCUT2D eigenvalue weighted by atomic mass is 9.98. The highest BCUT2D eigenvalue weighted by Crippen LogP contribution is 2.25. The summed E-state index contributed by atoms with van der Waals surface area (Å²) in [5, 5.41) is 9.14. The van der Waals surface area contributed by atoms with Gasteiger partial charge >= 0.3 is 5.97 Å². The van der Waals surface area contributed by atoms with Crippen molar-refractivity contribution in [1.82, 2.24) is 4.90 Å². The summed E-state index contributed by atoms with van der Waals surface area (Å²) in [6.07, 6.45) is 2.29. The maximum atomic E-state index is 12.6. The van der Waals surface area contributed by atoms with Gasteiger partial charge in [-0.3, -0.25) is 9.59 Å². The maximum Gasteiger partial charge on any atom is 0.308 e. The second-order valence-corrected chi connectivity index (χ2v) is 6.14. The standard InChI is InChI=1S/C19H21NO4/c1-2-13-5-7-14(8-6-13)16-9-10-17(24-16)18(21)20-11-3-4-15(12-20)19(22)23/h5-10,15H,2-4,11-12H2,1H3,(H,22,23). The van der Waals surface area contributed by atoms with Crippen molar-refractivity contribution < 1.29 is 19.1 Å². The van der Waals surface area contributed by atoms with Gasteiger partial charge in [-0.15, -0.1) is 0 Å². The largest absolute Gasteiger partial charge is 0.481 e. The van der Waals surface area contributed by atoms with E-state index in [1.54, 1.807) is 17.0 Å². The summed E-state index contributed by atoms with van der Waals surface area (Å²) in [7, 11) is 0. The van der Waals surface area contributed by atoms with E-state index in [1.807, 2.05) is 24.3 Å². The molecule has 1 saturated heterocycles. The van der Waals surface area contributed by atoms with E-state index in [9.17, 15) is 9.59 Å². The van der Waals surface area contributed by atoms with Crippen LogP contribution in [-0.2, 0) is 11.2 Å². The molecular formula is C19H21NO4. The van der Waals surface area contributed by atoms with Crippen LogP contribution >= 0.6 is 0 Å². The first kappa shape index (κ1) is 16.3. The van der Waals surface area contributed by atoms with Crippen molar-refractivity contribution >= 4 is 11.9 Å². The molecule has 126 valence electrons. The second-order valence-electron chi connectivity index (χ2n) is 6.14. The molecule has 1 fully saturated rings. The smallest absolute Gasteiger partial charge is 0.308 e. The van der Waals surface area contributed by atoms with Crippen LogP contribution in [0.5, 0.6) is 0 Å². The number of carboxylic acid groups (broad SMARTS) is 1. The van der Waals surface area contributed by atoms with Gasteiger partial charge in [0.15, 0.2) is 5.76 Å². The molecule has 1 aromatic carbocycles. The number of carboxylic acids is 1. The van der Waals surface area contributed by atoms with E-state index in [1.165, 1.54) is 5.56 Å². The van der Waals surface area contributed by atoms with Crippen molar-refractivity contribution in [2.24, 2.45) is 5.92 Å². The minimum Gasteiger partial charge on any atom is -0.481 e. The number of hydrogen-bond donors (Lipinski definition) is 1. The average Bonchev–Trinajstić information content (AvgIpc) is 3.11. The van der Waals surface area contributed by atoms with E-state index in [-0.39, 0.29) is 18.2 Å². The molecule has 1 amide bonds. The minimum atomic E-state index is -0.844. The van der Waals surface area contributed by atoms with Gasteiger partial charge < -0.3 is 14.4 Å². The number of piperidine rings is 1. The van der Waals surface area contributed by atoms with Crippen molar-refractivity contribution in [2.75, 3.05) is 13.1 Å². The zero-order valence-electron chi connectivity index (χ0n) is 13.7. The fourth-order valence-corrected chi connectivity index (χ4v) is 3.03. The molecule has 0 aliphatic carbocycles. The Kier molecular flexibility index (Phi) is 4.69. The quantitative estimate of drug-likeness (QED) is 0.934. The number of carbonyl (C=O) groups is 2. The van der Waals surface area contributed by atoms with Crippen LogP contribution < -0.4 is 0 Å². The Labute approximate surface area is 140 Å². The van der Waals surface area contributed by atoms with Crippen LogP contribution in [0.15, 0.2) is 40.8 Å². The lowest BCUT2D eigenvalue weighted by Crippen LogP contribution is -2.42. The van der Waals surface area contributed by atoms with Crippen molar-refractivity contribution in [1.29, 1.82) is 0 Å². The van der Waals surface area contributed by atoms with E-state index < -0.39 is 11.9 Å². The SMILES string of the molecule is CCc1ccc(-c2ccc(C(=O)N3CCCC(C(=O)O)C3)o2)cc1. The van der Waals surface area contributed by atoms with Gasteiger partial charge in [0.05, 0.1) is 5.92 Å². The number of likely N-dealkylation sites (tertiary alicyclic amines) is 1. The number of aliphatic carboxylic acids is 1. The van der Waals surface area contributed by atoms with Crippen LogP contribution in [0, 0.1) is 5.92 Å². The number of carbonyl (C=O) groups excluding carboxylic acids is 1. The highest BCUT2D eigenvalue weighted by atomic mass is 16.4. The number of rotatable bonds is 4. The van der Waals surface area contributed by atoms with E-state index in [2.05, 4.69) is 6.92 Å². The van der Waals surface area contributed by atoms with Gasteiger partial charge in [-0.1, -0.05) is 31.2 Å². The predicted octanol–water partition coefficient (Wildman–Crippen LogP) is 3.45. The number of furan rings is 1. The first-order chi connectivity index (χ1) is 11.6. The van der Waals surface area contributed by atoms with E-state index in [0.717, 1.165) is 12.0 Å². The van der Waals surface area contributed by atoms with Crippen molar-refractivity contribution in [3.8, 4) is 11.3 Å². The molecule has 3 rings (SSSR count). The summed E-state index contributed by atoms with van der Waals surface area (Å²) < 4.78 is 5.72. The monoisotopic (exact) mass is 327 g/mol. The van der Waals surface area contributed by atoms with Crippen molar-refractivity contribution in [3.63, 3.8) is 0 Å². The first-order valence-corrected chi connectivity index (χ1v) is 8.29. The minimum absolute atomic E-state index is 0.239. The Hall–Kier alpha value is -2.56. The summed E-state index contributed by atoms with van der Waals surface area (Å²) in [6, 6.07) is 11.5. The summed E-state index contributed by atoms with van der Waals surface area (Å²) in [4.78, 5) is 25.3. The number of benzene rings is 1. The Balaban J connectivity index is 1.74. The lowest BCUT2D eigenvalue weighted by molar-refractivity contribution is -0.143. The Bertz CT molecular complexity index is 732. The van der Waals surface area contributed by atoms with Crippen LogP contribution in [0.3, 0.4) is 0 Å². The van der Waals surface area contributed by atoms with Crippen LogP contribution in [0.2, 0.25) is 0 Å². The summed E-state index contributed by atoms with van der Waals surface area (Å²) in [5.74, 6) is -0.664. The molecule has 1 aliphatic heterocycles. The van der Waals surface area contributed by atoms with Crippen LogP contribution in [0.1, 0.15) is 35.9 Å². The summed E-state index contributed by atoms with van der Waals surface area (Å²) in [5.41, 5.74) is 2.17. The first-order valence-electron chi connectivity index (χ1n) is 8.29. The second kappa shape index (κ2) is 6.91. The van der Waals surface area contributed by atoms with Crippen LogP contribution in [-0.4, -0.2) is 35.0 Å². The van der Waals surface area contributed by atoms with Crippen molar-refractivity contribution in [3.05, 3.63) is 47.7 Å². The summed E-state index contributed by atoms with van der Waals surface area (Å²) >= 11 is 0. The Morgan fingerprint density at radius 1 is 1.21 bits per heavy atom. The Morgan fingerprint density at radius 2 is 1.96 bits per heavy atom. The third kappa shape index (κ3) is 3.35. The third-order valence-electron chi connectivity index (χ3n) is 4.52. The average molecular weight is 327 g/mol. The van der Waals surface area contributed by atoms with Gasteiger partial charge in [-0.2, -0.15) is 0 Å². The van der Waals surface area contributed by atoms with E-state index >= 15 is 0 Å². The van der Waals surface area contributed by atoms with Gasteiger partial charge in [-0.25, -0.2) is 0 Å². The molecule has 1 aliphatic rings. The van der Waals surface area contributed by atoms with Gasteiger partial charge in [-0.05, 0) is 37.0 Å². The topological polar surface area (TPSA) is 70.8 Å². The maximum absolute atomic E-state index is 12.6. The normalized spacial score (nSPS) is 17.7. The lowest BCUT2D eigenvalue weighted by Gasteiger charge is -2.29. The van der Waals surface area contributed by atoms with Crippen LogP contribution in [0.4, 0.5) is 0 Å². The molecule has 1 N–H and O–H groups in total. The molecule has 2 heterocycles. The molecule has 1 aromatic heterocycles. The molecule has 0 spiro atoms. The molecular weight excluding hydrogens is 306 g/mol. The zero-order chi connectivity index (χ0) is 17.1. The molecule has 5 heteroatoms. The number of hydrogen-bond acceptors (Lipinski definition) is 3. The number of amides is 1. The van der Waals surface area contributed by atoms with Gasteiger partial charge in [0.2, 0.25) is 0 Å². The van der Waals surface area contributed by atoms with Crippen molar-refractivity contribution in [2.45, 2.75) is 26.2 Å². The number of nitrogens with zero attached hydrogens (tertiary/aromatic N) is 1. The van der Waals surface area contributed by atoms with Gasteiger partial charge in [0.25, 0.3) is 5.91 Å². The molecule has 24 heavy (non-hydrogen) atoms. The fourth-order valence-electron chi connectivity index (χ4n) is 3.03.